The summed E-state index contributed by atoms with van der Waals surface area (Å²) in [5, 5.41) is 5.58. The first-order chi connectivity index (χ1) is 9.28. The Balaban J connectivity index is 2.26. The second kappa shape index (κ2) is 7.31. The maximum absolute atomic E-state index is 12.0. The van der Waals surface area contributed by atoms with Crippen LogP contribution in [0.3, 0.4) is 0 Å². The number of hydrogen-bond donors (Lipinski definition) is 2. The molecule has 114 valence electrons. The molecule has 0 aromatic rings. The van der Waals surface area contributed by atoms with Crippen molar-refractivity contribution in [3.63, 3.8) is 0 Å². The quantitative estimate of drug-likeness (QED) is 0.778. The zero-order chi connectivity index (χ0) is 15.2. The fourth-order valence-corrected chi connectivity index (χ4v) is 1.99. The molecule has 0 aromatic carbocycles. The number of alkyl carbamates (subject to hydrolysis) is 1. The van der Waals surface area contributed by atoms with Gasteiger partial charge in [0.1, 0.15) is 5.60 Å². The summed E-state index contributed by atoms with van der Waals surface area (Å²) in [5.74, 6) is 0.122. The summed E-state index contributed by atoms with van der Waals surface area (Å²) in [6.07, 6.45) is 6.36. The summed E-state index contributed by atoms with van der Waals surface area (Å²) in [6, 6.07) is -0.110. The van der Waals surface area contributed by atoms with Gasteiger partial charge in [-0.1, -0.05) is 12.2 Å². The van der Waals surface area contributed by atoms with Crippen molar-refractivity contribution in [3.8, 4) is 0 Å². The van der Waals surface area contributed by atoms with E-state index in [9.17, 15) is 9.59 Å². The summed E-state index contributed by atoms with van der Waals surface area (Å²) in [5.41, 5.74) is -0.509. The van der Waals surface area contributed by atoms with E-state index in [2.05, 4.69) is 22.8 Å². The largest absolute Gasteiger partial charge is 0.444 e. The molecule has 0 saturated carbocycles. The van der Waals surface area contributed by atoms with E-state index < -0.39 is 11.7 Å². The second-order valence-corrected chi connectivity index (χ2v) is 6.27. The number of carbonyl (C=O) groups is 2. The maximum atomic E-state index is 12.0. The van der Waals surface area contributed by atoms with Crippen LogP contribution in [0.5, 0.6) is 0 Å². The van der Waals surface area contributed by atoms with Crippen molar-refractivity contribution in [2.75, 3.05) is 6.54 Å². The van der Waals surface area contributed by atoms with E-state index in [1.807, 2.05) is 27.7 Å². The van der Waals surface area contributed by atoms with Gasteiger partial charge in [0.05, 0.1) is 0 Å². The molecule has 5 heteroatoms. The molecule has 1 rings (SSSR count). The molecule has 0 bridgehead atoms. The van der Waals surface area contributed by atoms with Crippen LogP contribution >= 0.6 is 0 Å². The number of rotatable bonds is 4. The van der Waals surface area contributed by atoms with E-state index in [0.29, 0.717) is 6.54 Å². The minimum atomic E-state index is -0.509. The molecular weight excluding hydrogens is 256 g/mol. The van der Waals surface area contributed by atoms with Crippen molar-refractivity contribution in [2.45, 2.75) is 58.6 Å². The second-order valence-electron chi connectivity index (χ2n) is 6.27. The minimum absolute atomic E-state index is 0.0592. The molecule has 2 N–H and O–H groups in total. The number of ether oxygens (including phenoxy) is 1. The van der Waals surface area contributed by atoms with Crippen LogP contribution in [-0.2, 0) is 9.53 Å². The molecule has 2 amide bonds. The molecule has 0 radical (unpaired) electrons. The van der Waals surface area contributed by atoms with E-state index in [0.717, 1.165) is 19.3 Å². The molecule has 2 atom stereocenters. The summed E-state index contributed by atoms with van der Waals surface area (Å²) < 4.78 is 5.14. The van der Waals surface area contributed by atoms with Gasteiger partial charge in [0.25, 0.3) is 0 Å². The first kappa shape index (κ1) is 16.5. The minimum Gasteiger partial charge on any atom is -0.444 e. The highest BCUT2D eigenvalue weighted by Gasteiger charge is 2.21. The zero-order valence-corrected chi connectivity index (χ0v) is 12.9. The van der Waals surface area contributed by atoms with Gasteiger partial charge in [0.2, 0.25) is 5.91 Å². The molecule has 0 aromatic heterocycles. The first-order valence-electron chi connectivity index (χ1n) is 7.20. The molecule has 1 aliphatic carbocycles. The highest BCUT2D eigenvalue weighted by Crippen LogP contribution is 2.18. The lowest BCUT2D eigenvalue weighted by molar-refractivity contribution is -0.125. The van der Waals surface area contributed by atoms with Crippen molar-refractivity contribution >= 4 is 12.0 Å². The van der Waals surface area contributed by atoms with Crippen LogP contribution < -0.4 is 10.6 Å². The Morgan fingerprint density at radius 2 is 2.05 bits per heavy atom. The molecular formula is C15H26N2O3. The third-order valence-corrected chi connectivity index (χ3v) is 2.98. The lowest BCUT2D eigenvalue weighted by Crippen LogP contribution is -2.45. The van der Waals surface area contributed by atoms with Gasteiger partial charge in [0.15, 0.2) is 0 Å². The van der Waals surface area contributed by atoms with Crippen LogP contribution in [0, 0.1) is 5.92 Å². The van der Waals surface area contributed by atoms with Gasteiger partial charge >= 0.3 is 6.09 Å². The highest BCUT2D eigenvalue weighted by molar-refractivity contribution is 5.79. The number of carbonyl (C=O) groups excluding carboxylic acids is 2. The van der Waals surface area contributed by atoms with E-state index in [1.54, 1.807) is 0 Å². The summed E-state index contributed by atoms with van der Waals surface area (Å²) in [7, 11) is 0. The average molecular weight is 282 g/mol. The zero-order valence-electron chi connectivity index (χ0n) is 12.9. The summed E-state index contributed by atoms with van der Waals surface area (Å²) in [4.78, 5) is 23.5. The first-order valence-corrected chi connectivity index (χ1v) is 7.20. The van der Waals surface area contributed by atoms with Crippen molar-refractivity contribution in [1.82, 2.24) is 10.6 Å². The van der Waals surface area contributed by atoms with Gasteiger partial charge in [0, 0.05) is 18.5 Å². The molecule has 0 unspecified atom stereocenters. The van der Waals surface area contributed by atoms with Crippen LogP contribution in [0.4, 0.5) is 4.79 Å². The van der Waals surface area contributed by atoms with Crippen molar-refractivity contribution in [1.29, 1.82) is 0 Å². The van der Waals surface area contributed by atoms with E-state index in [1.165, 1.54) is 0 Å². The third-order valence-electron chi connectivity index (χ3n) is 2.98. The maximum Gasteiger partial charge on any atom is 0.407 e. The van der Waals surface area contributed by atoms with Gasteiger partial charge in [-0.2, -0.15) is 0 Å². The van der Waals surface area contributed by atoms with Crippen LogP contribution in [0.15, 0.2) is 12.2 Å². The summed E-state index contributed by atoms with van der Waals surface area (Å²) >= 11 is 0. The van der Waals surface area contributed by atoms with Crippen LogP contribution in [0.2, 0.25) is 0 Å². The van der Waals surface area contributed by atoms with Gasteiger partial charge in [-0.15, -0.1) is 0 Å². The number of amides is 2. The molecule has 0 saturated heterocycles. The van der Waals surface area contributed by atoms with E-state index in [4.69, 9.17) is 4.74 Å². The molecule has 0 heterocycles. The Morgan fingerprint density at radius 3 is 2.60 bits per heavy atom. The van der Waals surface area contributed by atoms with Crippen LogP contribution in [0.25, 0.3) is 0 Å². The standard InChI is InChI=1S/C15H26N2O3/c1-11(10-16-14(19)20-15(2,3)4)17-13(18)12-8-6-5-7-9-12/h5-6,11-12H,7-10H2,1-4H3,(H,16,19)(H,17,18)/t11-,12+/m0/s1. The Kier molecular flexibility index (Phi) is 6.05. The summed E-state index contributed by atoms with van der Waals surface area (Å²) in [6.45, 7) is 7.67. The van der Waals surface area contributed by atoms with Crippen LogP contribution in [0.1, 0.15) is 47.0 Å². The number of nitrogens with one attached hydrogen (secondary N) is 2. The smallest absolute Gasteiger partial charge is 0.407 e. The third kappa shape index (κ3) is 6.59. The van der Waals surface area contributed by atoms with E-state index >= 15 is 0 Å². The Hall–Kier alpha value is -1.52. The van der Waals surface area contributed by atoms with Gasteiger partial charge in [-0.05, 0) is 47.0 Å². The predicted molar refractivity (Wildman–Crippen MR) is 78.3 cm³/mol. The normalized spacial score (nSPS) is 20.1. The fourth-order valence-electron chi connectivity index (χ4n) is 1.99. The van der Waals surface area contributed by atoms with Crippen LogP contribution in [-0.4, -0.2) is 30.2 Å². The van der Waals surface area contributed by atoms with E-state index in [-0.39, 0.29) is 17.9 Å². The molecule has 20 heavy (non-hydrogen) atoms. The number of hydrogen-bond acceptors (Lipinski definition) is 3. The molecule has 0 spiro atoms. The molecule has 1 aliphatic rings. The predicted octanol–water partition coefficient (Wildman–Crippen LogP) is 2.37. The SMILES string of the molecule is C[C@@H](CNC(=O)OC(C)(C)C)NC(=O)[C@@H]1CC=CCC1. The topological polar surface area (TPSA) is 67.4 Å². The monoisotopic (exact) mass is 282 g/mol. The molecule has 0 aliphatic heterocycles. The molecule has 5 nitrogen and oxygen atoms in total. The number of allylic oxidation sites excluding steroid dienone is 2. The molecule has 0 fully saturated rings. The lowest BCUT2D eigenvalue weighted by atomic mass is 9.93. The fraction of sp³-hybridized carbons (Fsp3) is 0.733. The Morgan fingerprint density at radius 1 is 1.35 bits per heavy atom. The van der Waals surface area contributed by atoms with Crippen molar-refractivity contribution in [3.05, 3.63) is 12.2 Å². The lowest BCUT2D eigenvalue weighted by Gasteiger charge is -2.23. The van der Waals surface area contributed by atoms with Gasteiger partial charge in [-0.25, -0.2) is 4.79 Å². The van der Waals surface area contributed by atoms with Crippen molar-refractivity contribution < 1.29 is 14.3 Å². The Labute approximate surface area is 121 Å². The van der Waals surface area contributed by atoms with Gasteiger partial charge in [-0.3, -0.25) is 4.79 Å². The Bertz CT molecular complexity index is 372. The van der Waals surface area contributed by atoms with Crippen molar-refractivity contribution in [2.24, 2.45) is 5.92 Å². The highest BCUT2D eigenvalue weighted by atomic mass is 16.6. The average Bonchev–Trinajstić information content (AvgIpc) is 2.35. The van der Waals surface area contributed by atoms with Gasteiger partial charge < -0.3 is 15.4 Å².